The summed E-state index contributed by atoms with van der Waals surface area (Å²) < 4.78 is 1.67. The molecule has 0 atom stereocenters. The van der Waals surface area contributed by atoms with Crippen LogP contribution in [0.5, 0.6) is 0 Å². The number of aryl methyl sites for hydroxylation is 2. The summed E-state index contributed by atoms with van der Waals surface area (Å²) in [6.45, 7) is 7.15. The van der Waals surface area contributed by atoms with E-state index in [4.69, 9.17) is 23.2 Å². The van der Waals surface area contributed by atoms with E-state index < -0.39 is 0 Å². The molecule has 0 unspecified atom stereocenters. The van der Waals surface area contributed by atoms with Crippen molar-refractivity contribution in [3.63, 3.8) is 0 Å². The third-order valence-corrected chi connectivity index (χ3v) is 4.13. The molecule has 1 amide bonds. The number of aromatic nitrogens is 2. The van der Waals surface area contributed by atoms with E-state index in [-0.39, 0.29) is 11.8 Å². The predicted molar refractivity (Wildman–Crippen MR) is 78.7 cm³/mol. The summed E-state index contributed by atoms with van der Waals surface area (Å²) in [7, 11) is 0. The predicted octanol–water partition coefficient (Wildman–Crippen LogP) is 3.44. The molecule has 1 rings (SSSR count). The van der Waals surface area contributed by atoms with Gasteiger partial charge in [-0.05, 0) is 26.2 Å². The molecule has 0 saturated carbocycles. The van der Waals surface area contributed by atoms with Gasteiger partial charge in [0, 0.05) is 19.0 Å². The Hall–Kier alpha value is -0.740. The van der Waals surface area contributed by atoms with Gasteiger partial charge in [0.1, 0.15) is 10.2 Å². The van der Waals surface area contributed by atoms with E-state index in [1.165, 1.54) is 0 Å². The zero-order valence-electron chi connectivity index (χ0n) is 11.7. The number of rotatable bonds is 7. The van der Waals surface area contributed by atoms with Crippen LogP contribution in [0, 0.1) is 12.8 Å². The summed E-state index contributed by atoms with van der Waals surface area (Å²) in [5.41, 5.74) is 0.729. The van der Waals surface area contributed by atoms with E-state index >= 15 is 0 Å². The fourth-order valence-corrected chi connectivity index (χ4v) is 2.32. The molecule has 0 saturated heterocycles. The average molecular weight is 306 g/mol. The molecule has 0 aromatic carbocycles. The van der Waals surface area contributed by atoms with E-state index in [1.54, 1.807) is 4.68 Å². The summed E-state index contributed by atoms with van der Waals surface area (Å²) in [5.74, 6) is 0.246. The van der Waals surface area contributed by atoms with Crippen molar-refractivity contribution in [1.29, 1.82) is 0 Å². The maximum absolute atomic E-state index is 11.8. The first-order chi connectivity index (χ1) is 9.01. The molecule has 4 nitrogen and oxygen atoms in total. The van der Waals surface area contributed by atoms with Gasteiger partial charge in [0.15, 0.2) is 0 Å². The average Bonchev–Trinajstić information content (AvgIpc) is 2.64. The SMILES string of the molecule is CCC(CC)C(=O)NCCCn1nc(C)c(Cl)c1Cl. The zero-order chi connectivity index (χ0) is 14.4. The van der Waals surface area contributed by atoms with Gasteiger partial charge in [0.2, 0.25) is 5.91 Å². The highest BCUT2D eigenvalue weighted by atomic mass is 35.5. The smallest absolute Gasteiger partial charge is 0.223 e. The normalized spacial score (nSPS) is 11.1. The lowest BCUT2D eigenvalue weighted by Crippen LogP contribution is -2.31. The van der Waals surface area contributed by atoms with Gasteiger partial charge in [-0.25, -0.2) is 0 Å². The van der Waals surface area contributed by atoms with Crippen LogP contribution in [-0.4, -0.2) is 22.2 Å². The minimum absolute atomic E-state index is 0.116. The molecule has 6 heteroatoms. The van der Waals surface area contributed by atoms with Crippen molar-refractivity contribution < 1.29 is 4.79 Å². The van der Waals surface area contributed by atoms with Crippen LogP contribution in [0.25, 0.3) is 0 Å². The number of hydrogen-bond acceptors (Lipinski definition) is 2. The van der Waals surface area contributed by atoms with Gasteiger partial charge in [-0.3, -0.25) is 9.48 Å². The summed E-state index contributed by atoms with van der Waals surface area (Å²) in [6.07, 6.45) is 2.54. The van der Waals surface area contributed by atoms with Crippen LogP contribution in [0.3, 0.4) is 0 Å². The number of halogens is 2. The molecule has 0 bridgehead atoms. The fraction of sp³-hybridized carbons (Fsp3) is 0.692. The van der Waals surface area contributed by atoms with Crippen LogP contribution >= 0.6 is 23.2 Å². The Bertz CT molecular complexity index is 428. The first kappa shape index (κ1) is 16.3. The van der Waals surface area contributed by atoms with Crippen molar-refractivity contribution in [2.45, 2.75) is 46.6 Å². The molecule has 1 aromatic rings. The van der Waals surface area contributed by atoms with Crippen LogP contribution < -0.4 is 5.32 Å². The van der Waals surface area contributed by atoms with Crippen molar-refractivity contribution in [2.24, 2.45) is 5.92 Å². The van der Waals surface area contributed by atoms with E-state index in [1.807, 2.05) is 20.8 Å². The molecule has 1 N–H and O–H groups in total. The summed E-state index contributed by atoms with van der Waals surface area (Å²) in [5, 5.41) is 8.14. The number of amides is 1. The monoisotopic (exact) mass is 305 g/mol. The van der Waals surface area contributed by atoms with Crippen molar-refractivity contribution in [3.05, 3.63) is 15.9 Å². The lowest BCUT2D eigenvalue weighted by atomic mass is 10.0. The van der Waals surface area contributed by atoms with Gasteiger partial charge in [0.05, 0.1) is 5.69 Å². The van der Waals surface area contributed by atoms with Crippen LogP contribution in [0.1, 0.15) is 38.8 Å². The third-order valence-electron chi connectivity index (χ3n) is 3.20. The highest BCUT2D eigenvalue weighted by Crippen LogP contribution is 2.24. The summed E-state index contributed by atoms with van der Waals surface area (Å²) >= 11 is 12.0. The standard InChI is InChI=1S/C13H21Cl2N3O/c1-4-10(5-2)13(19)16-7-6-8-18-12(15)11(14)9(3)17-18/h10H,4-8H2,1-3H3,(H,16,19). The van der Waals surface area contributed by atoms with Gasteiger partial charge in [-0.15, -0.1) is 0 Å². The zero-order valence-corrected chi connectivity index (χ0v) is 13.2. The summed E-state index contributed by atoms with van der Waals surface area (Å²) in [6, 6.07) is 0. The van der Waals surface area contributed by atoms with Crippen LogP contribution in [0.2, 0.25) is 10.2 Å². The van der Waals surface area contributed by atoms with E-state index in [2.05, 4.69) is 10.4 Å². The molecule has 1 heterocycles. The van der Waals surface area contributed by atoms with Crippen molar-refractivity contribution in [3.8, 4) is 0 Å². The molecule has 0 fully saturated rings. The number of carbonyl (C=O) groups is 1. The topological polar surface area (TPSA) is 46.9 Å². The van der Waals surface area contributed by atoms with Gasteiger partial charge in [0.25, 0.3) is 0 Å². The van der Waals surface area contributed by atoms with Crippen molar-refractivity contribution in [2.75, 3.05) is 6.54 Å². The molecule has 0 aliphatic carbocycles. The molecule has 0 aliphatic heterocycles. The highest BCUT2D eigenvalue weighted by molar-refractivity contribution is 6.41. The van der Waals surface area contributed by atoms with Crippen LogP contribution in [0.15, 0.2) is 0 Å². The Balaban J connectivity index is 2.35. The maximum Gasteiger partial charge on any atom is 0.223 e. The van der Waals surface area contributed by atoms with Gasteiger partial charge in [-0.2, -0.15) is 5.10 Å². The number of carbonyl (C=O) groups excluding carboxylic acids is 1. The summed E-state index contributed by atoms with van der Waals surface area (Å²) in [4.78, 5) is 11.8. The molecule has 108 valence electrons. The number of nitrogens with one attached hydrogen (secondary N) is 1. The number of hydrogen-bond donors (Lipinski definition) is 1. The van der Waals surface area contributed by atoms with E-state index in [0.29, 0.717) is 23.3 Å². The fourth-order valence-electron chi connectivity index (χ4n) is 1.92. The lowest BCUT2D eigenvalue weighted by Gasteiger charge is -2.12. The van der Waals surface area contributed by atoms with Crippen LogP contribution in [0.4, 0.5) is 0 Å². The molecular weight excluding hydrogens is 285 g/mol. The molecule has 0 radical (unpaired) electrons. The second-order valence-electron chi connectivity index (χ2n) is 4.57. The first-order valence-corrected chi connectivity index (χ1v) is 7.42. The van der Waals surface area contributed by atoms with Gasteiger partial charge < -0.3 is 5.32 Å². The Morgan fingerprint density at radius 2 is 2.00 bits per heavy atom. The number of nitrogens with zero attached hydrogens (tertiary/aromatic N) is 2. The quantitative estimate of drug-likeness (QED) is 0.784. The Kier molecular flexibility index (Phi) is 6.66. The molecule has 0 spiro atoms. The lowest BCUT2D eigenvalue weighted by molar-refractivity contribution is -0.125. The minimum Gasteiger partial charge on any atom is -0.356 e. The largest absolute Gasteiger partial charge is 0.356 e. The Morgan fingerprint density at radius 1 is 1.37 bits per heavy atom. The second kappa shape index (κ2) is 7.75. The van der Waals surface area contributed by atoms with Crippen molar-refractivity contribution >= 4 is 29.1 Å². The maximum atomic E-state index is 11.8. The van der Waals surface area contributed by atoms with Crippen molar-refractivity contribution in [1.82, 2.24) is 15.1 Å². The first-order valence-electron chi connectivity index (χ1n) is 6.67. The Morgan fingerprint density at radius 3 is 2.47 bits per heavy atom. The molecular formula is C13H21Cl2N3O. The van der Waals surface area contributed by atoms with Gasteiger partial charge >= 0.3 is 0 Å². The third kappa shape index (κ3) is 4.39. The van der Waals surface area contributed by atoms with E-state index in [0.717, 1.165) is 25.0 Å². The molecule has 19 heavy (non-hydrogen) atoms. The van der Waals surface area contributed by atoms with Gasteiger partial charge in [-0.1, -0.05) is 37.0 Å². The minimum atomic E-state index is 0.116. The Labute approximate surface area is 124 Å². The molecule has 1 aromatic heterocycles. The second-order valence-corrected chi connectivity index (χ2v) is 5.31. The van der Waals surface area contributed by atoms with E-state index in [9.17, 15) is 4.79 Å². The molecule has 0 aliphatic rings. The highest BCUT2D eigenvalue weighted by Gasteiger charge is 2.13. The van der Waals surface area contributed by atoms with Crippen LogP contribution in [-0.2, 0) is 11.3 Å².